The summed E-state index contributed by atoms with van der Waals surface area (Å²) in [4.78, 5) is 11.3. The normalized spacial score (nSPS) is 21.8. The van der Waals surface area contributed by atoms with Gasteiger partial charge in [-0.25, -0.2) is 9.52 Å². The number of nitrogens with one attached hydrogen (secondary N) is 2. The number of nitrogens with zero attached hydrogens (tertiary/aromatic N) is 1. The first-order valence-corrected chi connectivity index (χ1v) is 9.02. The molecule has 1 aliphatic rings. The quantitative estimate of drug-likeness (QED) is 0.732. The van der Waals surface area contributed by atoms with Crippen molar-refractivity contribution in [1.29, 1.82) is 0 Å². The van der Waals surface area contributed by atoms with Gasteiger partial charge in [0.05, 0.1) is 6.61 Å². The van der Waals surface area contributed by atoms with E-state index in [0.29, 0.717) is 13.1 Å². The molecule has 1 heterocycles. The van der Waals surface area contributed by atoms with Crippen LogP contribution in [0.1, 0.15) is 40.0 Å². The molecule has 1 fully saturated rings. The average molecular weight is 321 g/mol. The summed E-state index contributed by atoms with van der Waals surface area (Å²) >= 11 is 0. The number of hydrogen-bond acceptors (Lipinski definition) is 5. The highest BCUT2D eigenvalue weighted by molar-refractivity contribution is 7.87. The molecule has 7 nitrogen and oxygen atoms in total. The Morgan fingerprint density at radius 3 is 2.76 bits per heavy atom. The Labute approximate surface area is 127 Å². The first-order chi connectivity index (χ1) is 9.90. The highest BCUT2D eigenvalue weighted by Crippen LogP contribution is 2.21. The zero-order valence-corrected chi connectivity index (χ0v) is 13.9. The summed E-state index contributed by atoms with van der Waals surface area (Å²) in [6.45, 7) is 7.73. The Balaban J connectivity index is 2.60. The van der Waals surface area contributed by atoms with Crippen molar-refractivity contribution in [3.63, 3.8) is 0 Å². The van der Waals surface area contributed by atoms with Crippen molar-refractivity contribution in [2.24, 2.45) is 5.92 Å². The van der Waals surface area contributed by atoms with E-state index in [1.807, 2.05) is 4.72 Å². The zero-order valence-electron chi connectivity index (χ0n) is 13.1. The van der Waals surface area contributed by atoms with E-state index in [2.05, 4.69) is 23.9 Å². The van der Waals surface area contributed by atoms with Crippen molar-refractivity contribution < 1.29 is 17.9 Å². The second-order valence-corrected chi connectivity index (χ2v) is 7.00. The van der Waals surface area contributed by atoms with Gasteiger partial charge in [0.1, 0.15) is 0 Å². The van der Waals surface area contributed by atoms with Crippen molar-refractivity contribution in [2.45, 2.75) is 46.1 Å². The largest absolute Gasteiger partial charge is 0.449 e. The fraction of sp³-hybridized carbons (Fsp3) is 0.923. The first-order valence-electron chi connectivity index (χ1n) is 7.58. The van der Waals surface area contributed by atoms with Gasteiger partial charge in [0.15, 0.2) is 0 Å². The van der Waals surface area contributed by atoms with Gasteiger partial charge >= 0.3 is 16.3 Å². The van der Waals surface area contributed by atoms with Crippen molar-refractivity contribution in [1.82, 2.24) is 14.3 Å². The molecule has 0 aromatic carbocycles. The molecule has 0 bridgehead atoms. The Kier molecular flexibility index (Phi) is 7.41. The molecule has 124 valence electrons. The van der Waals surface area contributed by atoms with Crippen LogP contribution in [-0.2, 0) is 14.9 Å². The maximum Gasteiger partial charge on any atom is 0.421 e. The summed E-state index contributed by atoms with van der Waals surface area (Å²) < 4.78 is 32.2. The Bertz CT molecular complexity index is 427. The van der Waals surface area contributed by atoms with Crippen LogP contribution in [0.25, 0.3) is 0 Å². The molecule has 0 aromatic rings. The van der Waals surface area contributed by atoms with Crippen LogP contribution in [0.2, 0.25) is 0 Å². The SMILES string of the molecule is CCCNC(C)C1CCCN(S(=O)(=O)NC(=O)OCC)C1. The van der Waals surface area contributed by atoms with Gasteiger partial charge in [-0.3, -0.25) is 0 Å². The van der Waals surface area contributed by atoms with Crippen LogP contribution >= 0.6 is 0 Å². The van der Waals surface area contributed by atoms with Crippen molar-refractivity contribution >= 4 is 16.3 Å². The number of carbonyl (C=O) groups excluding carboxylic acids is 1. The standard InChI is InChI=1S/C13H27N3O4S/c1-4-8-14-11(3)12-7-6-9-16(10-12)21(18,19)15-13(17)20-5-2/h11-12,14H,4-10H2,1-3H3,(H,15,17). The number of hydrogen-bond donors (Lipinski definition) is 2. The predicted octanol–water partition coefficient (Wildman–Crippen LogP) is 1.08. The molecule has 0 radical (unpaired) electrons. The Morgan fingerprint density at radius 2 is 2.14 bits per heavy atom. The lowest BCUT2D eigenvalue weighted by Gasteiger charge is -2.35. The van der Waals surface area contributed by atoms with E-state index in [1.54, 1.807) is 6.92 Å². The van der Waals surface area contributed by atoms with Gasteiger partial charge < -0.3 is 10.1 Å². The highest BCUT2D eigenvalue weighted by Gasteiger charge is 2.32. The van der Waals surface area contributed by atoms with E-state index in [1.165, 1.54) is 4.31 Å². The van der Waals surface area contributed by atoms with Crippen molar-refractivity contribution in [3.8, 4) is 0 Å². The van der Waals surface area contributed by atoms with Crippen molar-refractivity contribution in [3.05, 3.63) is 0 Å². The van der Waals surface area contributed by atoms with Gasteiger partial charge in [0.25, 0.3) is 0 Å². The molecule has 0 aromatic heterocycles. The molecule has 1 saturated heterocycles. The molecular formula is C13H27N3O4S. The number of rotatable bonds is 7. The monoisotopic (exact) mass is 321 g/mol. The van der Waals surface area contributed by atoms with E-state index < -0.39 is 16.3 Å². The Hall–Kier alpha value is -0.860. The molecular weight excluding hydrogens is 294 g/mol. The van der Waals surface area contributed by atoms with Crippen LogP contribution < -0.4 is 10.0 Å². The smallest absolute Gasteiger partial charge is 0.421 e. The van der Waals surface area contributed by atoms with Gasteiger partial charge in [0, 0.05) is 19.1 Å². The summed E-state index contributed by atoms with van der Waals surface area (Å²) in [6, 6.07) is 0.255. The van der Waals surface area contributed by atoms with Crippen LogP contribution in [0, 0.1) is 5.92 Å². The Morgan fingerprint density at radius 1 is 1.43 bits per heavy atom. The number of piperidine rings is 1. The maximum absolute atomic E-state index is 12.1. The first kappa shape index (κ1) is 18.2. The number of carbonyl (C=O) groups is 1. The van der Waals surface area contributed by atoms with Gasteiger partial charge in [-0.05, 0) is 45.6 Å². The van der Waals surface area contributed by atoms with Gasteiger partial charge in [-0.2, -0.15) is 12.7 Å². The van der Waals surface area contributed by atoms with Gasteiger partial charge in [-0.15, -0.1) is 0 Å². The number of amides is 1. The van der Waals surface area contributed by atoms with E-state index in [-0.39, 0.29) is 18.6 Å². The molecule has 21 heavy (non-hydrogen) atoms. The molecule has 1 aliphatic heterocycles. The fourth-order valence-corrected chi connectivity index (χ4v) is 3.63. The molecule has 2 unspecified atom stereocenters. The molecule has 2 atom stereocenters. The molecule has 0 spiro atoms. The van der Waals surface area contributed by atoms with Gasteiger partial charge in [-0.1, -0.05) is 6.92 Å². The van der Waals surface area contributed by atoms with E-state index in [4.69, 9.17) is 0 Å². The molecule has 0 saturated carbocycles. The molecule has 2 N–H and O–H groups in total. The lowest BCUT2D eigenvalue weighted by atomic mass is 9.93. The third kappa shape index (κ3) is 5.80. The lowest BCUT2D eigenvalue weighted by Crippen LogP contribution is -2.51. The highest BCUT2D eigenvalue weighted by atomic mass is 32.2. The van der Waals surface area contributed by atoms with Crippen LogP contribution in [0.3, 0.4) is 0 Å². The van der Waals surface area contributed by atoms with Crippen molar-refractivity contribution in [2.75, 3.05) is 26.2 Å². The molecule has 1 amide bonds. The molecule has 0 aliphatic carbocycles. The van der Waals surface area contributed by atoms with Gasteiger partial charge in [0.2, 0.25) is 0 Å². The van der Waals surface area contributed by atoms with Crippen LogP contribution in [-0.4, -0.2) is 51.1 Å². The second-order valence-electron chi connectivity index (χ2n) is 5.33. The molecule has 1 rings (SSSR count). The fourth-order valence-electron chi connectivity index (χ4n) is 2.47. The third-order valence-electron chi connectivity index (χ3n) is 3.67. The minimum atomic E-state index is -3.81. The van der Waals surface area contributed by atoms with E-state index in [0.717, 1.165) is 25.8 Å². The topological polar surface area (TPSA) is 87.7 Å². The average Bonchev–Trinajstić information content (AvgIpc) is 2.44. The summed E-state index contributed by atoms with van der Waals surface area (Å²) in [7, 11) is -3.81. The summed E-state index contributed by atoms with van der Waals surface area (Å²) in [5.74, 6) is 0.254. The lowest BCUT2D eigenvalue weighted by molar-refractivity contribution is 0.157. The van der Waals surface area contributed by atoms with Crippen LogP contribution in [0.15, 0.2) is 0 Å². The van der Waals surface area contributed by atoms with E-state index in [9.17, 15) is 13.2 Å². The van der Waals surface area contributed by atoms with Crippen LogP contribution in [0.4, 0.5) is 4.79 Å². The third-order valence-corrected chi connectivity index (χ3v) is 5.11. The second kappa shape index (κ2) is 8.55. The van der Waals surface area contributed by atoms with Crippen LogP contribution in [0.5, 0.6) is 0 Å². The maximum atomic E-state index is 12.1. The number of ether oxygens (including phenoxy) is 1. The molecule has 8 heteroatoms. The predicted molar refractivity (Wildman–Crippen MR) is 81.1 cm³/mol. The zero-order chi connectivity index (χ0) is 15.9. The minimum Gasteiger partial charge on any atom is -0.449 e. The summed E-state index contributed by atoms with van der Waals surface area (Å²) in [5.41, 5.74) is 0. The van der Waals surface area contributed by atoms with E-state index >= 15 is 0 Å². The summed E-state index contributed by atoms with van der Waals surface area (Å²) in [6.07, 6.45) is 1.91. The summed E-state index contributed by atoms with van der Waals surface area (Å²) in [5, 5.41) is 3.40. The minimum absolute atomic E-state index is 0.141.